The molecule has 6 atom stereocenters. The molecule has 0 fully saturated rings. The zero-order chi connectivity index (χ0) is 36.4. The summed E-state index contributed by atoms with van der Waals surface area (Å²) in [7, 11) is 0. The first-order chi connectivity index (χ1) is 21.8. The number of hydrogen-bond donors (Lipinski definition) is 11. The summed E-state index contributed by atoms with van der Waals surface area (Å²) in [4.78, 5) is 84.2. The zero-order valence-corrected chi connectivity index (χ0v) is 28.0. The lowest BCUT2D eigenvalue weighted by Gasteiger charge is -2.27. The topological polar surface area (TPSA) is 338 Å². The van der Waals surface area contributed by atoms with Gasteiger partial charge in [0.1, 0.15) is 30.2 Å². The minimum Gasteiger partial charge on any atom is -0.480 e. The van der Waals surface area contributed by atoms with Crippen molar-refractivity contribution in [2.75, 3.05) is 13.1 Å². The fraction of sp³-hybridized carbons (Fsp3) is 0.714. The summed E-state index contributed by atoms with van der Waals surface area (Å²) in [6, 6.07) is -6.61. The van der Waals surface area contributed by atoms with Crippen LogP contribution in [0.2, 0.25) is 0 Å². The second kappa shape index (κ2) is 21.2. The molecule has 0 heterocycles. The highest BCUT2D eigenvalue weighted by molar-refractivity contribution is 5.96. The van der Waals surface area contributed by atoms with E-state index in [1.54, 1.807) is 27.7 Å². The summed E-state index contributed by atoms with van der Waals surface area (Å²) in [5, 5.41) is 22.3. The van der Waals surface area contributed by atoms with Gasteiger partial charge in [0.25, 0.3) is 0 Å². The number of carboxylic acids is 1. The molecule has 47 heavy (non-hydrogen) atoms. The summed E-state index contributed by atoms with van der Waals surface area (Å²) in [5.41, 5.74) is 26.9. The number of carboxylic acid groups (broad SMARTS) is 1. The Morgan fingerprint density at radius 2 is 0.979 bits per heavy atom. The van der Waals surface area contributed by atoms with Crippen LogP contribution in [0.1, 0.15) is 67.2 Å². The monoisotopic (exact) mass is 670 g/mol. The van der Waals surface area contributed by atoms with Crippen LogP contribution in [0.3, 0.4) is 0 Å². The SMILES string of the molecule is CC(C)[C@H](NC(=O)[C@H](C)N)C(=O)N[C@@H](CCCN=C(N)N)C(=O)N[C@@H](C)C(=O)N[C@H](C(=O)N[C@@H](CCCN=C(N)N)C(=O)O)C(C)C. The molecule has 0 saturated carbocycles. The number of nitrogens with two attached hydrogens (primary N) is 5. The van der Waals surface area contributed by atoms with Gasteiger partial charge in [-0.3, -0.25) is 34.0 Å². The normalized spacial score (nSPS) is 14.7. The zero-order valence-electron chi connectivity index (χ0n) is 28.0. The van der Waals surface area contributed by atoms with Crippen LogP contribution < -0.4 is 55.3 Å². The third-order valence-electron chi connectivity index (χ3n) is 6.80. The molecule has 0 aromatic heterocycles. The van der Waals surface area contributed by atoms with Gasteiger partial charge >= 0.3 is 5.97 Å². The fourth-order valence-corrected chi connectivity index (χ4v) is 4.07. The minimum absolute atomic E-state index is 0.0337. The van der Waals surface area contributed by atoms with Crippen LogP contribution in [0.25, 0.3) is 0 Å². The average Bonchev–Trinajstić information content (AvgIpc) is 2.96. The van der Waals surface area contributed by atoms with E-state index in [1.807, 2.05) is 0 Å². The van der Waals surface area contributed by atoms with Gasteiger partial charge in [-0.2, -0.15) is 0 Å². The van der Waals surface area contributed by atoms with Gasteiger partial charge in [-0.15, -0.1) is 0 Å². The van der Waals surface area contributed by atoms with Crippen LogP contribution in [0, 0.1) is 11.8 Å². The van der Waals surface area contributed by atoms with E-state index in [2.05, 4.69) is 36.6 Å². The summed E-state index contributed by atoms with van der Waals surface area (Å²) in [5.74, 6) is -5.77. The second-order valence-corrected chi connectivity index (χ2v) is 11.8. The Kier molecular flexibility index (Phi) is 19.1. The van der Waals surface area contributed by atoms with Crippen molar-refractivity contribution < 1.29 is 33.9 Å². The van der Waals surface area contributed by atoms with Crippen molar-refractivity contribution in [1.29, 1.82) is 0 Å². The van der Waals surface area contributed by atoms with Crippen molar-refractivity contribution in [1.82, 2.24) is 26.6 Å². The number of guanidine groups is 2. The number of nitrogens with zero attached hydrogens (tertiary/aromatic N) is 2. The highest BCUT2D eigenvalue weighted by Crippen LogP contribution is 2.08. The summed E-state index contributed by atoms with van der Waals surface area (Å²) >= 11 is 0. The molecule has 0 radical (unpaired) electrons. The first-order valence-electron chi connectivity index (χ1n) is 15.4. The third-order valence-corrected chi connectivity index (χ3v) is 6.80. The fourth-order valence-electron chi connectivity index (χ4n) is 4.07. The molecule has 0 aliphatic heterocycles. The standard InChI is InChI=1S/C28H54N12O7/c1-13(2)19(39-21(41)15(5)29)24(44)37-17(9-7-11-34-27(30)31)23(43)36-16(6)22(42)40-20(14(3)4)25(45)38-18(26(46)47)10-8-12-35-28(32)33/h13-20H,7-12,29H2,1-6H3,(H,36,43)(H,37,44)(H,38,45)(H,39,41)(H,40,42)(H,46,47)(H4,30,31,34)(H4,32,33,35)/t15-,16-,17-,18-,19-,20-/m0/s1. The van der Waals surface area contributed by atoms with Crippen LogP contribution in [-0.2, 0) is 28.8 Å². The Bertz CT molecular complexity index is 1130. The summed E-state index contributed by atoms with van der Waals surface area (Å²) < 4.78 is 0. The maximum absolute atomic E-state index is 13.3. The van der Waals surface area contributed by atoms with Crippen molar-refractivity contribution >= 4 is 47.4 Å². The van der Waals surface area contributed by atoms with Crippen molar-refractivity contribution in [3.05, 3.63) is 0 Å². The van der Waals surface area contributed by atoms with E-state index in [1.165, 1.54) is 13.8 Å². The molecule has 19 heteroatoms. The highest BCUT2D eigenvalue weighted by atomic mass is 16.4. The number of carbonyl (C=O) groups excluding carboxylic acids is 5. The lowest BCUT2D eigenvalue weighted by Crippen LogP contribution is -2.59. The van der Waals surface area contributed by atoms with E-state index in [9.17, 15) is 33.9 Å². The molecule has 16 N–H and O–H groups in total. The van der Waals surface area contributed by atoms with Crippen molar-refractivity contribution in [2.24, 2.45) is 50.5 Å². The van der Waals surface area contributed by atoms with Crippen molar-refractivity contribution in [3.8, 4) is 0 Å². The molecule has 19 nitrogen and oxygen atoms in total. The molecular formula is C28H54N12O7. The lowest BCUT2D eigenvalue weighted by atomic mass is 10.0. The molecule has 0 bridgehead atoms. The largest absolute Gasteiger partial charge is 0.480 e. The van der Waals surface area contributed by atoms with Crippen molar-refractivity contribution in [2.45, 2.75) is 103 Å². The van der Waals surface area contributed by atoms with E-state index in [4.69, 9.17) is 28.7 Å². The molecule has 0 rings (SSSR count). The molecule has 0 aromatic rings. The lowest BCUT2D eigenvalue weighted by molar-refractivity contribution is -0.142. The Labute approximate surface area is 275 Å². The Morgan fingerprint density at radius 3 is 1.36 bits per heavy atom. The van der Waals surface area contributed by atoms with Crippen LogP contribution in [-0.4, -0.2) is 102 Å². The van der Waals surface area contributed by atoms with Gasteiger partial charge in [0.15, 0.2) is 11.9 Å². The maximum atomic E-state index is 13.3. The second-order valence-electron chi connectivity index (χ2n) is 11.8. The quantitative estimate of drug-likeness (QED) is 0.0319. The van der Waals surface area contributed by atoms with E-state index in [0.717, 1.165) is 0 Å². The van der Waals surface area contributed by atoms with E-state index >= 15 is 0 Å². The Morgan fingerprint density at radius 1 is 0.574 bits per heavy atom. The number of aliphatic imine (C=N–C) groups is 2. The predicted molar refractivity (Wildman–Crippen MR) is 176 cm³/mol. The molecule has 0 aromatic carbocycles. The third kappa shape index (κ3) is 17.0. The predicted octanol–water partition coefficient (Wildman–Crippen LogP) is -3.72. The average molecular weight is 671 g/mol. The summed E-state index contributed by atoms with van der Waals surface area (Å²) in [6.45, 7) is 9.88. The van der Waals surface area contributed by atoms with Gasteiger partial charge in [0, 0.05) is 13.1 Å². The highest BCUT2D eigenvalue weighted by Gasteiger charge is 2.32. The van der Waals surface area contributed by atoms with Crippen LogP contribution in [0.15, 0.2) is 9.98 Å². The Hall–Kier alpha value is -4.68. The summed E-state index contributed by atoms with van der Waals surface area (Å²) in [6.07, 6.45) is 0.663. The Balaban J connectivity index is 5.70. The van der Waals surface area contributed by atoms with Crippen LogP contribution >= 0.6 is 0 Å². The first kappa shape index (κ1) is 42.3. The molecule has 5 amide bonds. The smallest absolute Gasteiger partial charge is 0.326 e. The van der Waals surface area contributed by atoms with Gasteiger partial charge in [-0.1, -0.05) is 27.7 Å². The molecule has 0 saturated heterocycles. The molecule has 268 valence electrons. The van der Waals surface area contributed by atoms with E-state index in [-0.39, 0.29) is 56.6 Å². The molecule has 0 unspecified atom stereocenters. The van der Waals surface area contributed by atoms with Gasteiger partial charge in [-0.25, -0.2) is 4.79 Å². The van der Waals surface area contributed by atoms with Gasteiger partial charge in [-0.05, 0) is 51.4 Å². The van der Waals surface area contributed by atoms with Gasteiger partial charge < -0.3 is 60.4 Å². The van der Waals surface area contributed by atoms with Gasteiger partial charge in [0.05, 0.1) is 6.04 Å². The first-order valence-corrected chi connectivity index (χ1v) is 15.4. The van der Waals surface area contributed by atoms with E-state index in [0.29, 0.717) is 0 Å². The number of amides is 5. The maximum Gasteiger partial charge on any atom is 0.326 e. The number of hydrogen-bond acceptors (Lipinski definition) is 9. The van der Waals surface area contributed by atoms with Crippen molar-refractivity contribution in [3.63, 3.8) is 0 Å². The minimum atomic E-state index is -1.28. The van der Waals surface area contributed by atoms with Crippen LogP contribution in [0.5, 0.6) is 0 Å². The number of nitrogens with one attached hydrogen (secondary N) is 5. The van der Waals surface area contributed by atoms with E-state index < -0.39 is 77.7 Å². The molecular weight excluding hydrogens is 616 g/mol. The molecule has 0 aliphatic carbocycles. The van der Waals surface area contributed by atoms with Crippen LogP contribution in [0.4, 0.5) is 0 Å². The number of rotatable bonds is 21. The van der Waals surface area contributed by atoms with Gasteiger partial charge in [0.2, 0.25) is 29.5 Å². The number of carbonyl (C=O) groups is 6. The number of aliphatic carboxylic acids is 1. The molecule has 0 aliphatic rings. The molecule has 0 spiro atoms.